The Kier molecular flexibility index (Phi) is 3.43. The van der Waals surface area contributed by atoms with Gasteiger partial charge in [0.25, 0.3) is 0 Å². The summed E-state index contributed by atoms with van der Waals surface area (Å²) in [4.78, 5) is 12.3. The second-order valence-corrected chi connectivity index (χ2v) is 3.46. The Morgan fingerprint density at radius 1 is 1.43 bits per heavy atom. The van der Waals surface area contributed by atoms with Gasteiger partial charge >= 0.3 is 5.97 Å². The van der Waals surface area contributed by atoms with Crippen molar-refractivity contribution in [3.05, 3.63) is 0 Å². The number of nitrogens with zero attached hydrogens (tertiary/aromatic N) is 1. The van der Waals surface area contributed by atoms with E-state index >= 15 is 0 Å². The SMILES string of the molecule is O=C(O)[C@]1(CO)C(CO)CCN1CO. The van der Waals surface area contributed by atoms with Gasteiger partial charge < -0.3 is 20.4 Å². The molecule has 0 spiro atoms. The van der Waals surface area contributed by atoms with Gasteiger partial charge in [0.15, 0.2) is 0 Å². The highest BCUT2D eigenvalue weighted by Gasteiger charge is 2.53. The van der Waals surface area contributed by atoms with Crippen molar-refractivity contribution in [3.8, 4) is 0 Å². The predicted octanol–water partition coefficient (Wildman–Crippen LogP) is -1.93. The molecule has 1 unspecified atom stereocenters. The predicted molar refractivity (Wildman–Crippen MR) is 46.4 cm³/mol. The van der Waals surface area contributed by atoms with E-state index in [1.807, 2.05) is 0 Å². The molecule has 0 aromatic rings. The number of hydrogen-bond donors (Lipinski definition) is 4. The fourth-order valence-electron chi connectivity index (χ4n) is 2.05. The lowest BCUT2D eigenvalue weighted by Gasteiger charge is -2.35. The molecule has 1 saturated heterocycles. The van der Waals surface area contributed by atoms with Crippen molar-refractivity contribution in [2.45, 2.75) is 12.0 Å². The van der Waals surface area contributed by atoms with Crippen molar-refractivity contribution in [2.24, 2.45) is 5.92 Å². The van der Waals surface area contributed by atoms with Gasteiger partial charge in [0.1, 0.15) is 5.54 Å². The standard InChI is InChI=1S/C8H15NO5/c10-3-6-1-2-9(5-12)8(6,4-11)7(13)14/h6,10-12H,1-5H2,(H,13,14)/t6?,8-/m0/s1. The first-order valence-electron chi connectivity index (χ1n) is 4.44. The van der Waals surface area contributed by atoms with Crippen molar-refractivity contribution in [1.82, 2.24) is 4.90 Å². The van der Waals surface area contributed by atoms with E-state index in [9.17, 15) is 4.79 Å². The highest BCUT2D eigenvalue weighted by molar-refractivity contribution is 5.80. The maximum absolute atomic E-state index is 11.1. The Morgan fingerprint density at radius 3 is 2.43 bits per heavy atom. The van der Waals surface area contributed by atoms with E-state index in [0.717, 1.165) is 0 Å². The number of aliphatic hydroxyl groups excluding tert-OH is 3. The monoisotopic (exact) mass is 205 g/mol. The molecule has 1 rings (SSSR count). The summed E-state index contributed by atoms with van der Waals surface area (Å²) in [6, 6.07) is 0. The van der Waals surface area contributed by atoms with E-state index in [0.29, 0.717) is 13.0 Å². The van der Waals surface area contributed by atoms with Gasteiger partial charge in [0.05, 0.1) is 13.3 Å². The normalized spacial score (nSPS) is 33.5. The molecule has 2 atom stereocenters. The molecular formula is C8H15NO5. The molecule has 0 radical (unpaired) electrons. The van der Waals surface area contributed by atoms with Crippen LogP contribution in [0.3, 0.4) is 0 Å². The molecule has 0 aromatic heterocycles. The third kappa shape index (κ3) is 1.40. The third-order valence-corrected chi connectivity index (χ3v) is 2.99. The second-order valence-electron chi connectivity index (χ2n) is 3.46. The molecule has 6 heteroatoms. The van der Waals surface area contributed by atoms with Crippen LogP contribution in [-0.4, -0.2) is 63.3 Å². The van der Waals surface area contributed by atoms with E-state index in [1.165, 1.54) is 4.90 Å². The molecule has 0 bridgehead atoms. The Hall–Kier alpha value is -0.690. The second kappa shape index (κ2) is 4.22. The Morgan fingerprint density at radius 2 is 2.07 bits per heavy atom. The van der Waals surface area contributed by atoms with Gasteiger partial charge in [-0.15, -0.1) is 0 Å². The molecule has 14 heavy (non-hydrogen) atoms. The largest absolute Gasteiger partial charge is 0.480 e. The van der Waals surface area contributed by atoms with Crippen LogP contribution in [0, 0.1) is 5.92 Å². The van der Waals surface area contributed by atoms with E-state index in [2.05, 4.69) is 0 Å². The molecule has 1 fully saturated rings. The Balaban J connectivity index is 3.00. The van der Waals surface area contributed by atoms with E-state index in [4.69, 9.17) is 20.4 Å². The number of carboxylic acids is 1. The minimum Gasteiger partial charge on any atom is -0.480 e. The van der Waals surface area contributed by atoms with Crippen LogP contribution in [0.1, 0.15) is 6.42 Å². The number of carbonyl (C=O) groups is 1. The topological polar surface area (TPSA) is 101 Å². The van der Waals surface area contributed by atoms with E-state index in [-0.39, 0.29) is 6.61 Å². The molecule has 1 aliphatic rings. The fraction of sp³-hybridized carbons (Fsp3) is 0.875. The molecule has 0 saturated carbocycles. The summed E-state index contributed by atoms with van der Waals surface area (Å²) in [5.74, 6) is -1.73. The van der Waals surface area contributed by atoms with Gasteiger partial charge in [-0.25, -0.2) is 0 Å². The van der Waals surface area contributed by atoms with Crippen LogP contribution in [0.15, 0.2) is 0 Å². The number of likely N-dealkylation sites (tertiary alicyclic amines) is 1. The molecule has 1 aliphatic heterocycles. The van der Waals surface area contributed by atoms with Crippen LogP contribution in [0.4, 0.5) is 0 Å². The zero-order valence-electron chi connectivity index (χ0n) is 7.76. The maximum Gasteiger partial charge on any atom is 0.326 e. The number of aliphatic hydroxyl groups is 3. The average molecular weight is 205 g/mol. The minimum absolute atomic E-state index is 0.302. The first kappa shape index (κ1) is 11.4. The lowest BCUT2D eigenvalue weighted by molar-refractivity contribution is -0.159. The number of rotatable bonds is 4. The van der Waals surface area contributed by atoms with Crippen molar-refractivity contribution in [3.63, 3.8) is 0 Å². The zero-order valence-corrected chi connectivity index (χ0v) is 7.76. The lowest BCUT2D eigenvalue weighted by atomic mass is 9.86. The van der Waals surface area contributed by atoms with Crippen molar-refractivity contribution >= 4 is 5.97 Å². The van der Waals surface area contributed by atoms with Gasteiger partial charge in [0.2, 0.25) is 0 Å². The van der Waals surface area contributed by atoms with Crippen LogP contribution >= 0.6 is 0 Å². The molecular weight excluding hydrogens is 190 g/mol. The quantitative estimate of drug-likeness (QED) is 0.426. The molecule has 82 valence electrons. The summed E-state index contributed by atoms with van der Waals surface area (Å²) in [5.41, 5.74) is -1.52. The van der Waals surface area contributed by atoms with Crippen LogP contribution in [-0.2, 0) is 4.79 Å². The lowest BCUT2D eigenvalue weighted by Crippen LogP contribution is -2.58. The van der Waals surface area contributed by atoms with Crippen LogP contribution in [0.5, 0.6) is 0 Å². The summed E-state index contributed by atoms with van der Waals surface area (Å²) < 4.78 is 0. The number of carboxylic acid groups (broad SMARTS) is 1. The Bertz CT molecular complexity index is 208. The highest BCUT2D eigenvalue weighted by atomic mass is 16.4. The van der Waals surface area contributed by atoms with Gasteiger partial charge in [0, 0.05) is 19.1 Å². The molecule has 6 nitrogen and oxygen atoms in total. The summed E-state index contributed by atoms with van der Waals surface area (Å²) in [5, 5.41) is 36.2. The van der Waals surface area contributed by atoms with Crippen molar-refractivity contribution < 1.29 is 25.2 Å². The van der Waals surface area contributed by atoms with Crippen LogP contribution in [0.25, 0.3) is 0 Å². The van der Waals surface area contributed by atoms with Gasteiger partial charge in [-0.05, 0) is 6.42 Å². The summed E-state index contributed by atoms with van der Waals surface area (Å²) in [6.45, 7) is -0.963. The van der Waals surface area contributed by atoms with Crippen LogP contribution < -0.4 is 0 Å². The van der Waals surface area contributed by atoms with E-state index in [1.54, 1.807) is 0 Å². The highest BCUT2D eigenvalue weighted by Crippen LogP contribution is 2.34. The average Bonchev–Trinajstić information content (AvgIpc) is 2.55. The molecule has 0 aromatic carbocycles. The number of aliphatic carboxylic acids is 1. The summed E-state index contributed by atoms with van der Waals surface area (Å²) in [7, 11) is 0. The molecule has 0 amide bonds. The van der Waals surface area contributed by atoms with Gasteiger partial charge in [-0.3, -0.25) is 9.69 Å². The Labute approximate surface area is 81.4 Å². The molecule has 1 heterocycles. The maximum atomic E-state index is 11.1. The summed E-state index contributed by atoms with van der Waals surface area (Å²) in [6.07, 6.45) is 0.462. The summed E-state index contributed by atoms with van der Waals surface area (Å²) >= 11 is 0. The molecule has 0 aliphatic carbocycles. The first-order chi connectivity index (χ1) is 6.63. The fourth-order valence-corrected chi connectivity index (χ4v) is 2.05. The first-order valence-corrected chi connectivity index (χ1v) is 4.44. The van der Waals surface area contributed by atoms with E-state index < -0.39 is 30.8 Å². The van der Waals surface area contributed by atoms with Gasteiger partial charge in [-0.1, -0.05) is 0 Å². The molecule has 4 N–H and O–H groups in total. The number of hydrogen-bond acceptors (Lipinski definition) is 5. The van der Waals surface area contributed by atoms with Crippen LogP contribution in [0.2, 0.25) is 0 Å². The van der Waals surface area contributed by atoms with Gasteiger partial charge in [-0.2, -0.15) is 0 Å². The van der Waals surface area contributed by atoms with Crippen molar-refractivity contribution in [1.29, 1.82) is 0 Å². The zero-order chi connectivity index (χ0) is 10.8. The van der Waals surface area contributed by atoms with Crippen molar-refractivity contribution in [2.75, 3.05) is 26.5 Å². The smallest absolute Gasteiger partial charge is 0.326 e. The third-order valence-electron chi connectivity index (χ3n) is 2.99. The minimum atomic E-state index is -1.52.